The number of hydrogen-bond donors (Lipinski definition) is 1. The smallest absolute Gasteiger partial charge is 0.201 e. The van der Waals surface area contributed by atoms with Crippen LogP contribution in [0.25, 0.3) is 0 Å². The molecule has 268 valence electrons. The quantitative estimate of drug-likeness (QED) is 0.0683. The van der Waals surface area contributed by atoms with Gasteiger partial charge in [-0.05, 0) is 43.9 Å². The second-order valence-corrected chi connectivity index (χ2v) is 14.5. The lowest BCUT2D eigenvalue weighted by atomic mass is 9.82. The number of unbranched alkanes of at least 4 members (excludes halogenated alkanes) is 18. The van der Waals surface area contributed by atoms with Crippen LogP contribution in [0.4, 0.5) is 0 Å². The second kappa shape index (κ2) is 21.3. The third-order valence-corrected chi connectivity index (χ3v) is 10.3. The van der Waals surface area contributed by atoms with E-state index in [1.165, 1.54) is 143 Å². The van der Waals surface area contributed by atoms with E-state index in [1.54, 1.807) is 18.2 Å². The molecule has 48 heavy (non-hydrogen) atoms. The van der Waals surface area contributed by atoms with Gasteiger partial charge >= 0.3 is 0 Å². The van der Waals surface area contributed by atoms with Crippen LogP contribution in [0.1, 0.15) is 180 Å². The van der Waals surface area contributed by atoms with Gasteiger partial charge in [-0.3, -0.25) is 9.59 Å². The van der Waals surface area contributed by atoms with Crippen molar-refractivity contribution in [2.24, 2.45) is 0 Å². The van der Waals surface area contributed by atoms with Gasteiger partial charge in [-0.15, -0.1) is 0 Å². The predicted molar refractivity (Wildman–Crippen MR) is 198 cm³/mol. The molecule has 0 heterocycles. The van der Waals surface area contributed by atoms with Crippen molar-refractivity contribution in [2.45, 2.75) is 149 Å². The van der Waals surface area contributed by atoms with Crippen LogP contribution in [-0.4, -0.2) is 55.5 Å². The number of benzene rings is 2. The van der Waals surface area contributed by atoms with E-state index in [9.17, 15) is 14.7 Å². The highest BCUT2D eigenvalue weighted by Gasteiger charge is 2.36. The van der Waals surface area contributed by atoms with E-state index in [0.29, 0.717) is 12.3 Å². The first-order valence-corrected chi connectivity index (χ1v) is 19.3. The zero-order chi connectivity index (χ0) is 34.8. The molecule has 0 spiro atoms. The first-order chi connectivity index (χ1) is 23.3. The van der Waals surface area contributed by atoms with Crippen LogP contribution >= 0.6 is 0 Å². The number of carbonyl (C=O) groups is 2. The summed E-state index contributed by atoms with van der Waals surface area (Å²) in [5, 5.41) is 11.2. The average molecular weight is 665 g/mol. The van der Waals surface area contributed by atoms with E-state index in [1.807, 2.05) is 6.07 Å². The van der Waals surface area contributed by atoms with Crippen LogP contribution in [0, 0.1) is 0 Å². The van der Waals surface area contributed by atoms with Gasteiger partial charge in [-0.2, -0.15) is 0 Å². The van der Waals surface area contributed by atoms with Crippen molar-refractivity contribution in [1.29, 1.82) is 0 Å². The molecule has 1 N–H and O–H groups in total. The molecule has 6 nitrogen and oxygen atoms in total. The molecule has 0 bridgehead atoms. The maximum atomic E-state index is 13.8. The van der Waals surface area contributed by atoms with Crippen LogP contribution in [0.2, 0.25) is 0 Å². The zero-order valence-electron chi connectivity index (χ0n) is 31.1. The van der Waals surface area contributed by atoms with Gasteiger partial charge in [0.15, 0.2) is 5.78 Å². The van der Waals surface area contributed by atoms with Crippen molar-refractivity contribution in [1.82, 2.24) is 0 Å². The number of ketones is 2. The molecule has 3 rings (SSSR count). The number of aromatic hydroxyl groups is 1. The first kappa shape index (κ1) is 39.6. The molecule has 6 heteroatoms. The number of nitrogens with zero attached hydrogens (tertiary/aromatic N) is 1. The molecule has 0 unspecified atom stereocenters. The molecule has 0 radical (unpaired) electrons. The van der Waals surface area contributed by atoms with Gasteiger partial charge < -0.3 is 19.1 Å². The Balaban J connectivity index is 1.67. The topological polar surface area (TPSA) is 72.8 Å². The van der Waals surface area contributed by atoms with Crippen molar-refractivity contribution in [3.05, 3.63) is 52.1 Å². The molecule has 0 aromatic heterocycles. The number of methoxy groups -OCH3 is 2. The SMILES string of the molecule is CCCCCCCCCCCC[N+](C)(CCCCCCCCCCCC)Cc1cc(O)c2c(c1)C(=O)c1cc(OC)cc(OC)c1C2=O. The molecule has 0 aliphatic heterocycles. The standard InChI is InChI=1S/C42H65NO5/c1-6-8-10-12-14-16-18-20-22-24-26-43(3,27-25-23-21-19-17-15-13-11-9-7-2)32-33-28-35-39(37(44)29-33)42(46)40-36(41(35)45)30-34(47-4)31-38(40)48-5/h28-31H,6-27,32H2,1-5H3/p+1. The van der Waals surface area contributed by atoms with Gasteiger partial charge in [0, 0.05) is 22.8 Å². The van der Waals surface area contributed by atoms with Gasteiger partial charge in [0.2, 0.25) is 5.78 Å². The number of phenolic OH excluding ortho intramolecular Hbond substituents is 1. The van der Waals surface area contributed by atoms with Crippen molar-refractivity contribution >= 4 is 11.6 Å². The third-order valence-electron chi connectivity index (χ3n) is 10.3. The normalized spacial score (nSPS) is 12.7. The van der Waals surface area contributed by atoms with Gasteiger partial charge in [-0.1, -0.05) is 117 Å². The summed E-state index contributed by atoms with van der Waals surface area (Å²) in [5.74, 6) is -0.0840. The third kappa shape index (κ3) is 11.9. The molecule has 0 amide bonds. The van der Waals surface area contributed by atoms with E-state index >= 15 is 0 Å². The maximum absolute atomic E-state index is 13.8. The molecular formula is C42H66NO5+. The molecular weight excluding hydrogens is 598 g/mol. The number of carbonyl (C=O) groups excluding carboxylic acids is 2. The lowest BCUT2D eigenvalue weighted by molar-refractivity contribution is -0.923. The van der Waals surface area contributed by atoms with Crippen molar-refractivity contribution in [3.8, 4) is 17.2 Å². The Morgan fingerprint density at radius 1 is 0.562 bits per heavy atom. The number of quaternary nitrogens is 1. The zero-order valence-corrected chi connectivity index (χ0v) is 31.1. The van der Waals surface area contributed by atoms with Crippen molar-refractivity contribution < 1.29 is 28.7 Å². The average Bonchev–Trinajstić information content (AvgIpc) is 3.08. The lowest BCUT2D eigenvalue weighted by Crippen LogP contribution is -2.44. The minimum Gasteiger partial charge on any atom is -0.507 e. The highest BCUT2D eigenvalue weighted by atomic mass is 16.5. The van der Waals surface area contributed by atoms with E-state index in [-0.39, 0.29) is 39.5 Å². The lowest BCUT2D eigenvalue weighted by Gasteiger charge is -2.35. The van der Waals surface area contributed by atoms with Crippen molar-refractivity contribution in [2.75, 3.05) is 34.4 Å². The number of phenols is 1. The number of fused-ring (bicyclic) bond motifs is 2. The van der Waals surface area contributed by atoms with E-state index in [4.69, 9.17) is 9.47 Å². The molecule has 2 aromatic rings. The first-order valence-electron chi connectivity index (χ1n) is 19.3. The number of hydrogen-bond acceptors (Lipinski definition) is 5. The molecule has 0 atom stereocenters. The summed E-state index contributed by atoms with van der Waals surface area (Å²) >= 11 is 0. The Labute approximate surface area is 292 Å². The van der Waals surface area contributed by atoms with Crippen LogP contribution < -0.4 is 9.47 Å². The Morgan fingerprint density at radius 2 is 1.02 bits per heavy atom. The molecule has 0 saturated carbocycles. The minimum absolute atomic E-state index is 0.0679. The van der Waals surface area contributed by atoms with Gasteiger partial charge in [0.05, 0.1) is 45.5 Å². The number of ether oxygens (including phenoxy) is 2. The van der Waals surface area contributed by atoms with Crippen LogP contribution in [0.3, 0.4) is 0 Å². The Hall–Kier alpha value is -2.86. The Bertz CT molecular complexity index is 1260. The van der Waals surface area contributed by atoms with Crippen LogP contribution in [0.5, 0.6) is 17.2 Å². The second-order valence-electron chi connectivity index (χ2n) is 14.5. The molecule has 1 aliphatic rings. The summed E-state index contributed by atoms with van der Waals surface area (Å²) < 4.78 is 11.7. The highest BCUT2D eigenvalue weighted by molar-refractivity contribution is 6.30. The summed E-state index contributed by atoms with van der Waals surface area (Å²) in [6, 6.07) is 6.75. The van der Waals surface area contributed by atoms with E-state index < -0.39 is 5.78 Å². The fourth-order valence-corrected chi connectivity index (χ4v) is 7.42. The van der Waals surface area contributed by atoms with Crippen LogP contribution in [-0.2, 0) is 6.54 Å². The summed E-state index contributed by atoms with van der Waals surface area (Å²) in [5.41, 5.74) is 1.67. The summed E-state index contributed by atoms with van der Waals surface area (Å²) in [4.78, 5) is 27.5. The summed E-state index contributed by atoms with van der Waals surface area (Å²) in [7, 11) is 5.32. The predicted octanol–water partition coefficient (Wildman–Crippen LogP) is 11.0. The largest absolute Gasteiger partial charge is 0.507 e. The molecule has 2 aromatic carbocycles. The summed E-state index contributed by atoms with van der Waals surface area (Å²) in [6.45, 7) is 7.38. The van der Waals surface area contributed by atoms with E-state index in [2.05, 4.69) is 20.9 Å². The van der Waals surface area contributed by atoms with Crippen molar-refractivity contribution in [3.63, 3.8) is 0 Å². The van der Waals surface area contributed by atoms with Crippen LogP contribution in [0.15, 0.2) is 24.3 Å². The van der Waals surface area contributed by atoms with Gasteiger partial charge in [0.25, 0.3) is 0 Å². The van der Waals surface area contributed by atoms with Gasteiger partial charge in [0.1, 0.15) is 23.8 Å². The molecule has 0 fully saturated rings. The molecule has 0 saturated heterocycles. The minimum atomic E-state index is -0.392. The van der Waals surface area contributed by atoms with Gasteiger partial charge in [-0.25, -0.2) is 0 Å². The highest BCUT2D eigenvalue weighted by Crippen LogP contribution is 2.40. The van der Waals surface area contributed by atoms with E-state index in [0.717, 1.165) is 23.1 Å². The Morgan fingerprint density at radius 3 is 1.48 bits per heavy atom. The number of rotatable bonds is 26. The fourth-order valence-electron chi connectivity index (χ4n) is 7.42. The maximum Gasteiger partial charge on any atom is 0.201 e. The Kier molecular flexibility index (Phi) is 17.5. The summed E-state index contributed by atoms with van der Waals surface area (Å²) in [6.07, 6.45) is 26.3. The molecule has 1 aliphatic carbocycles. The fraction of sp³-hybridized carbons (Fsp3) is 0.667. The monoisotopic (exact) mass is 664 g/mol.